The van der Waals surface area contributed by atoms with E-state index in [1.807, 2.05) is 0 Å². The van der Waals surface area contributed by atoms with E-state index in [1.165, 1.54) is 0 Å². The van der Waals surface area contributed by atoms with Crippen LogP contribution in [0, 0.1) is 0 Å². The number of carbonyl (C=O) groups is 1. The van der Waals surface area contributed by atoms with E-state index in [1.54, 1.807) is 17.3 Å². The molecule has 25 heavy (non-hydrogen) atoms. The first-order valence-electron chi connectivity index (χ1n) is 8.64. The van der Waals surface area contributed by atoms with Crippen molar-refractivity contribution in [1.82, 2.24) is 25.1 Å². The van der Waals surface area contributed by atoms with E-state index in [0.29, 0.717) is 19.1 Å². The van der Waals surface area contributed by atoms with Gasteiger partial charge in [-0.15, -0.1) is 24.8 Å². The van der Waals surface area contributed by atoms with E-state index in [-0.39, 0.29) is 43.4 Å². The van der Waals surface area contributed by atoms with Crippen molar-refractivity contribution in [1.29, 1.82) is 0 Å². The quantitative estimate of drug-likeness (QED) is 0.665. The standard InChI is InChI=1S/C16H27N5O2.2ClH/c22-11-10-20(12-15-18-7-8-19-15)16(23)14-2-1-9-21(14)13-3-5-17-6-4-13;;/h7-8,13-14,17,22H,1-6,9-12H2,(H,18,19);2*1H/t14-;;/m0../s1. The molecule has 9 heteroatoms. The van der Waals surface area contributed by atoms with Gasteiger partial charge in [-0.1, -0.05) is 0 Å². The fourth-order valence-electron chi connectivity index (χ4n) is 3.79. The minimum absolute atomic E-state index is 0. The highest BCUT2D eigenvalue weighted by Crippen LogP contribution is 2.26. The third kappa shape index (κ3) is 5.56. The second-order valence-electron chi connectivity index (χ2n) is 6.40. The fourth-order valence-corrected chi connectivity index (χ4v) is 3.79. The Labute approximate surface area is 161 Å². The highest BCUT2D eigenvalue weighted by Gasteiger charge is 2.37. The Kier molecular flexibility index (Phi) is 9.74. The fraction of sp³-hybridized carbons (Fsp3) is 0.750. The number of nitrogens with one attached hydrogen (secondary N) is 2. The summed E-state index contributed by atoms with van der Waals surface area (Å²) in [5.74, 6) is 0.893. The summed E-state index contributed by atoms with van der Waals surface area (Å²) in [6, 6.07) is 0.465. The monoisotopic (exact) mass is 393 g/mol. The molecule has 1 atom stereocenters. The molecule has 2 saturated heterocycles. The number of hydrogen-bond acceptors (Lipinski definition) is 5. The van der Waals surface area contributed by atoms with Gasteiger partial charge < -0.3 is 20.3 Å². The van der Waals surface area contributed by atoms with Crippen molar-refractivity contribution in [2.24, 2.45) is 0 Å². The maximum atomic E-state index is 13.0. The Bertz CT molecular complexity index is 497. The van der Waals surface area contributed by atoms with Gasteiger partial charge in [0.25, 0.3) is 0 Å². The van der Waals surface area contributed by atoms with Gasteiger partial charge in [0.15, 0.2) is 0 Å². The lowest BCUT2D eigenvalue weighted by Gasteiger charge is -2.37. The SMILES string of the molecule is Cl.Cl.O=C([C@@H]1CCCN1C1CCNCC1)N(CCO)Cc1ncc[nH]1. The Morgan fingerprint density at radius 2 is 2.08 bits per heavy atom. The van der Waals surface area contributed by atoms with Gasteiger partial charge in [-0.05, 0) is 45.3 Å². The highest BCUT2D eigenvalue weighted by molar-refractivity contribution is 5.85. The predicted octanol–water partition coefficient (Wildman–Crippen LogP) is 0.791. The zero-order valence-electron chi connectivity index (χ0n) is 14.4. The van der Waals surface area contributed by atoms with Gasteiger partial charge in [0.1, 0.15) is 5.82 Å². The maximum Gasteiger partial charge on any atom is 0.240 e. The number of aromatic nitrogens is 2. The number of amides is 1. The first-order chi connectivity index (χ1) is 11.3. The molecule has 0 spiro atoms. The molecule has 0 aromatic carbocycles. The lowest BCUT2D eigenvalue weighted by Crippen LogP contribution is -2.52. The summed E-state index contributed by atoms with van der Waals surface area (Å²) < 4.78 is 0. The van der Waals surface area contributed by atoms with Crippen molar-refractivity contribution in [3.8, 4) is 0 Å². The number of aliphatic hydroxyl groups excluding tert-OH is 1. The summed E-state index contributed by atoms with van der Waals surface area (Å²) in [5, 5.41) is 12.7. The van der Waals surface area contributed by atoms with E-state index in [2.05, 4.69) is 20.2 Å². The molecule has 0 bridgehead atoms. The Morgan fingerprint density at radius 1 is 1.32 bits per heavy atom. The number of piperidine rings is 1. The van der Waals surface area contributed by atoms with E-state index in [4.69, 9.17) is 0 Å². The first-order valence-corrected chi connectivity index (χ1v) is 8.64. The third-order valence-electron chi connectivity index (χ3n) is 4.93. The Hall–Kier alpha value is -0.860. The van der Waals surface area contributed by atoms with Crippen LogP contribution < -0.4 is 5.32 Å². The lowest BCUT2D eigenvalue weighted by atomic mass is 10.0. The molecule has 2 aliphatic heterocycles. The topological polar surface area (TPSA) is 84.5 Å². The molecule has 1 aromatic rings. The van der Waals surface area contributed by atoms with Crippen molar-refractivity contribution in [3.05, 3.63) is 18.2 Å². The Balaban J connectivity index is 0.00000156. The van der Waals surface area contributed by atoms with Crippen LogP contribution in [0.1, 0.15) is 31.5 Å². The smallest absolute Gasteiger partial charge is 0.240 e. The van der Waals surface area contributed by atoms with Crippen LogP contribution in [0.3, 0.4) is 0 Å². The molecule has 1 aromatic heterocycles. The normalized spacial score (nSPS) is 21.4. The molecule has 0 aliphatic carbocycles. The van der Waals surface area contributed by atoms with Crippen LogP contribution >= 0.6 is 24.8 Å². The lowest BCUT2D eigenvalue weighted by molar-refractivity contribution is -0.138. The van der Waals surface area contributed by atoms with Crippen LogP contribution in [-0.4, -0.2) is 75.7 Å². The highest BCUT2D eigenvalue weighted by atomic mass is 35.5. The third-order valence-corrected chi connectivity index (χ3v) is 4.93. The van der Waals surface area contributed by atoms with Crippen LogP contribution in [-0.2, 0) is 11.3 Å². The average molecular weight is 394 g/mol. The number of likely N-dealkylation sites (tertiary alicyclic amines) is 1. The molecule has 3 heterocycles. The van der Waals surface area contributed by atoms with Gasteiger partial charge in [0.2, 0.25) is 5.91 Å². The van der Waals surface area contributed by atoms with E-state index < -0.39 is 0 Å². The van der Waals surface area contributed by atoms with Gasteiger partial charge in [0, 0.05) is 25.0 Å². The molecule has 0 radical (unpaired) electrons. The Morgan fingerprint density at radius 3 is 2.72 bits per heavy atom. The number of halogens is 2. The van der Waals surface area contributed by atoms with E-state index in [9.17, 15) is 9.90 Å². The molecular formula is C16H29Cl2N5O2. The average Bonchev–Trinajstić information content (AvgIpc) is 3.26. The van der Waals surface area contributed by atoms with Gasteiger partial charge in [0.05, 0.1) is 19.2 Å². The predicted molar refractivity (Wildman–Crippen MR) is 101 cm³/mol. The number of H-pyrrole nitrogens is 1. The minimum Gasteiger partial charge on any atom is -0.395 e. The van der Waals surface area contributed by atoms with Crippen molar-refractivity contribution in [2.45, 2.75) is 44.3 Å². The number of carbonyl (C=O) groups excluding carboxylic acids is 1. The van der Waals surface area contributed by atoms with Crippen molar-refractivity contribution >= 4 is 30.7 Å². The van der Waals surface area contributed by atoms with Crippen molar-refractivity contribution in [2.75, 3.05) is 32.8 Å². The first kappa shape index (κ1) is 22.2. The van der Waals surface area contributed by atoms with Gasteiger partial charge in [-0.25, -0.2) is 4.98 Å². The summed E-state index contributed by atoms with van der Waals surface area (Å²) in [6.45, 7) is 3.85. The summed E-state index contributed by atoms with van der Waals surface area (Å²) in [4.78, 5) is 24.4. The van der Waals surface area contributed by atoms with Gasteiger partial charge >= 0.3 is 0 Å². The number of aromatic amines is 1. The molecule has 2 fully saturated rings. The molecular weight excluding hydrogens is 365 g/mol. The van der Waals surface area contributed by atoms with Gasteiger partial charge in [-0.2, -0.15) is 0 Å². The molecule has 1 amide bonds. The van der Waals surface area contributed by atoms with Crippen LogP contribution in [0.4, 0.5) is 0 Å². The van der Waals surface area contributed by atoms with Crippen LogP contribution in [0.2, 0.25) is 0 Å². The number of imidazole rings is 1. The second kappa shape index (κ2) is 11.0. The summed E-state index contributed by atoms with van der Waals surface area (Å²) >= 11 is 0. The minimum atomic E-state index is -0.0420. The molecule has 0 unspecified atom stereocenters. The molecule has 0 saturated carbocycles. The zero-order chi connectivity index (χ0) is 16.1. The van der Waals surface area contributed by atoms with Gasteiger partial charge in [-0.3, -0.25) is 9.69 Å². The van der Waals surface area contributed by atoms with Crippen molar-refractivity contribution in [3.63, 3.8) is 0 Å². The molecule has 3 N–H and O–H groups in total. The number of aliphatic hydroxyl groups is 1. The molecule has 2 aliphatic rings. The number of nitrogens with zero attached hydrogens (tertiary/aromatic N) is 3. The summed E-state index contributed by atoms with van der Waals surface area (Å²) in [6.07, 6.45) is 7.67. The summed E-state index contributed by atoms with van der Waals surface area (Å²) in [7, 11) is 0. The number of hydrogen-bond donors (Lipinski definition) is 3. The summed E-state index contributed by atoms with van der Waals surface area (Å²) in [5.41, 5.74) is 0. The van der Waals surface area contributed by atoms with Crippen LogP contribution in [0.25, 0.3) is 0 Å². The second-order valence-corrected chi connectivity index (χ2v) is 6.40. The van der Waals surface area contributed by atoms with E-state index in [0.717, 1.165) is 51.1 Å². The van der Waals surface area contributed by atoms with Crippen LogP contribution in [0.15, 0.2) is 12.4 Å². The molecule has 3 rings (SSSR count). The molecule has 7 nitrogen and oxygen atoms in total. The maximum absolute atomic E-state index is 13.0. The van der Waals surface area contributed by atoms with Crippen molar-refractivity contribution < 1.29 is 9.90 Å². The zero-order valence-corrected chi connectivity index (χ0v) is 16.0. The molecule has 144 valence electrons. The van der Waals surface area contributed by atoms with E-state index >= 15 is 0 Å². The number of rotatable bonds is 6. The van der Waals surface area contributed by atoms with Crippen LogP contribution in [0.5, 0.6) is 0 Å². The largest absolute Gasteiger partial charge is 0.395 e.